The van der Waals surface area contributed by atoms with Gasteiger partial charge in [-0.05, 0) is 19.1 Å². The minimum absolute atomic E-state index is 0.0674. The molecule has 1 heterocycles. The normalized spacial score (nSPS) is 11.8. The van der Waals surface area contributed by atoms with Crippen LogP contribution in [0.3, 0.4) is 0 Å². The molecule has 24 heavy (non-hydrogen) atoms. The molecule has 0 radical (unpaired) electrons. The molecule has 0 aliphatic carbocycles. The Labute approximate surface area is 142 Å². The maximum atomic E-state index is 12.2. The van der Waals surface area contributed by atoms with Crippen LogP contribution < -0.4 is 20.1 Å². The summed E-state index contributed by atoms with van der Waals surface area (Å²) in [4.78, 5) is 16.2. The van der Waals surface area contributed by atoms with Crippen molar-refractivity contribution in [2.75, 3.05) is 26.1 Å². The first-order valence-electron chi connectivity index (χ1n) is 7.83. The van der Waals surface area contributed by atoms with Crippen LogP contribution in [0.25, 0.3) is 0 Å². The Morgan fingerprint density at radius 2 is 2.17 bits per heavy atom. The first-order valence-corrected chi connectivity index (χ1v) is 7.83. The van der Waals surface area contributed by atoms with Crippen LogP contribution in [0.15, 0.2) is 36.9 Å². The van der Waals surface area contributed by atoms with Gasteiger partial charge in [0.2, 0.25) is 5.91 Å². The molecular formula is C17H24N4O3. The Morgan fingerprint density at radius 1 is 1.33 bits per heavy atom. The number of carbonyl (C=O) groups is 1. The maximum absolute atomic E-state index is 12.2. The van der Waals surface area contributed by atoms with Gasteiger partial charge in [-0.3, -0.25) is 4.79 Å². The van der Waals surface area contributed by atoms with E-state index in [9.17, 15) is 4.79 Å². The topological polar surface area (TPSA) is 77.4 Å². The van der Waals surface area contributed by atoms with Crippen LogP contribution in [0, 0.1) is 0 Å². The van der Waals surface area contributed by atoms with E-state index in [0.29, 0.717) is 23.6 Å². The quantitative estimate of drug-likeness (QED) is 0.733. The Hall–Kier alpha value is -2.54. The molecule has 0 saturated heterocycles. The summed E-state index contributed by atoms with van der Waals surface area (Å²) in [5.74, 6) is 1.18. The predicted octanol–water partition coefficient (Wildman–Crippen LogP) is 1.91. The van der Waals surface area contributed by atoms with Crippen LogP contribution in [0.2, 0.25) is 0 Å². The molecule has 130 valence electrons. The SMILES string of the molecule is COc1ccc(NC(=O)CC(C)NCCn2ccnc2)c(OC)c1. The molecule has 0 aliphatic rings. The molecule has 7 nitrogen and oxygen atoms in total. The molecule has 1 aromatic carbocycles. The second-order valence-electron chi connectivity index (χ2n) is 5.47. The molecule has 0 aliphatic heterocycles. The molecule has 2 N–H and O–H groups in total. The third-order valence-corrected chi connectivity index (χ3v) is 3.60. The second kappa shape index (κ2) is 8.93. The van der Waals surface area contributed by atoms with Gasteiger partial charge in [-0.1, -0.05) is 0 Å². The van der Waals surface area contributed by atoms with E-state index >= 15 is 0 Å². The summed E-state index contributed by atoms with van der Waals surface area (Å²) in [5, 5.41) is 6.20. The fourth-order valence-corrected chi connectivity index (χ4v) is 2.31. The minimum atomic E-state index is -0.0684. The van der Waals surface area contributed by atoms with Crippen LogP contribution in [0.1, 0.15) is 13.3 Å². The summed E-state index contributed by atoms with van der Waals surface area (Å²) >= 11 is 0. The number of imidazole rings is 1. The molecule has 0 spiro atoms. The first kappa shape index (κ1) is 17.8. The smallest absolute Gasteiger partial charge is 0.226 e. The number of aromatic nitrogens is 2. The molecule has 0 fully saturated rings. The van der Waals surface area contributed by atoms with Crippen LogP contribution in [-0.4, -0.2) is 42.3 Å². The van der Waals surface area contributed by atoms with E-state index in [1.807, 2.05) is 17.7 Å². The molecule has 0 saturated carbocycles. The maximum Gasteiger partial charge on any atom is 0.226 e. The summed E-state index contributed by atoms with van der Waals surface area (Å²) in [7, 11) is 3.15. The van der Waals surface area contributed by atoms with E-state index in [4.69, 9.17) is 9.47 Å². The molecular weight excluding hydrogens is 308 g/mol. The van der Waals surface area contributed by atoms with E-state index < -0.39 is 0 Å². The highest BCUT2D eigenvalue weighted by Gasteiger charge is 2.12. The Balaban J connectivity index is 1.79. The monoisotopic (exact) mass is 332 g/mol. The average Bonchev–Trinajstić information content (AvgIpc) is 3.08. The van der Waals surface area contributed by atoms with Gasteiger partial charge in [-0.2, -0.15) is 0 Å². The van der Waals surface area contributed by atoms with Crippen molar-refractivity contribution in [1.29, 1.82) is 0 Å². The number of hydrogen-bond donors (Lipinski definition) is 2. The fraction of sp³-hybridized carbons (Fsp3) is 0.412. The van der Waals surface area contributed by atoms with Crippen molar-refractivity contribution in [1.82, 2.24) is 14.9 Å². The number of hydrogen-bond acceptors (Lipinski definition) is 5. The minimum Gasteiger partial charge on any atom is -0.497 e. The largest absolute Gasteiger partial charge is 0.497 e. The van der Waals surface area contributed by atoms with Crippen LogP contribution >= 0.6 is 0 Å². The van der Waals surface area contributed by atoms with Gasteiger partial charge in [0, 0.05) is 44.0 Å². The zero-order chi connectivity index (χ0) is 17.4. The highest BCUT2D eigenvalue weighted by molar-refractivity contribution is 5.92. The molecule has 1 atom stereocenters. The van der Waals surface area contributed by atoms with Gasteiger partial charge in [0.05, 0.1) is 26.2 Å². The van der Waals surface area contributed by atoms with Crippen molar-refractivity contribution in [3.63, 3.8) is 0 Å². The Morgan fingerprint density at radius 3 is 2.83 bits per heavy atom. The molecule has 2 rings (SSSR count). The highest BCUT2D eigenvalue weighted by Crippen LogP contribution is 2.29. The van der Waals surface area contributed by atoms with E-state index in [2.05, 4.69) is 15.6 Å². The third-order valence-electron chi connectivity index (χ3n) is 3.60. The zero-order valence-corrected chi connectivity index (χ0v) is 14.3. The van der Waals surface area contributed by atoms with Gasteiger partial charge >= 0.3 is 0 Å². The average molecular weight is 332 g/mol. The summed E-state index contributed by atoms with van der Waals surface area (Å²) in [5.41, 5.74) is 0.633. The summed E-state index contributed by atoms with van der Waals surface area (Å²) < 4.78 is 12.4. The number of ether oxygens (including phenoxy) is 2. The lowest BCUT2D eigenvalue weighted by Gasteiger charge is -2.15. The summed E-state index contributed by atoms with van der Waals surface area (Å²) in [6, 6.07) is 5.36. The lowest BCUT2D eigenvalue weighted by molar-refractivity contribution is -0.116. The summed E-state index contributed by atoms with van der Waals surface area (Å²) in [6.07, 6.45) is 5.81. The zero-order valence-electron chi connectivity index (χ0n) is 14.3. The Bertz CT molecular complexity index is 643. The number of anilines is 1. The van der Waals surface area contributed by atoms with Gasteiger partial charge in [-0.25, -0.2) is 4.98 Å². The van der Waals surface area contributed by atoms with Gasteiger partial charge < -0.3 is 24.7 Å². The summed E-state index contributed by atoms with van der Waals surface area (Å²) in [6.45, 7) is 3.58. The van der Waals surface area contributed by atoms with Gasteiger partial charge in [0.25, 0.3) is 0 Å². The number of nitrogens with one attached hydrogen (secondary N) is 2. The van der Waals surface area contributed by atoms with Crippen molar-refractivity contribution in [2.24, 2.45) is 0 Å². The number of methoxy groups -OCH3 is 2. The van der Waals surface area contributed by atoms with Crippen molar-refractivity contribution in [2.45, 2.75) is 25.9 Å². The number of rotatable bonds is 9. The molecule has 2 aromatic rings. The first-order chi connectivity index (χ1) is 11.6. The van der Waals surface area contributed by atoms with E-state index in [-0.39, 0.29) is 11.9 Å². The van der Waals surface area contributed by atoms with Crippen molar-refractivity contribution >= 4 is 11.6 Å². The van der Waals surface area contributed by atoms with Crippen LogP contribution in [0.4, 0.5) is 5.69 Å². The lowest BCUT2D eigenvalue weighted by Crippen LogP contribution is -2.32. The van der Waals surface area contributed by atoms with Crippen molar-refractivity contribution in [3.8, 4) is 11.5 Å². The molecule has 1 aromatic heterocycles. The predicted molar refractivity (Wildman–Crippen MR) is 92.5 cm³/mol. The fourth-order valence-electron chi connectivity index (χ4n) is 2.31. The number of amides is 1. The van der Waals surface area contributed by atoms with Crippen LogP contribution in [-0.2, 0) is 11.3 Å². The second-order valence-corrected chi connectivity index (χ2v) is 5.47. The Kier molecular flexibility index (Phi) is 6.62. The number of nitrogens with zero attached hydrogens (tertiary/aromatic N) is 2. The van der Waals surface area contributed by atoms with E-state index in [0.717, 1.165) is 13.1 Å². The van der Waals surface area contributed by atoms with Crippen molar-refractivity contribution in [3.05, 3.63) is 36.9 Å². The molecule has 0 bridgehead atoms. The van der Waals surface area contributed by atoms with Crippen molar-refractivity contribution < 1.29 is 14.3 Å². The lowest BCUT2D eigenvalue weighted by atomic mass is 10.2. The van der Waals surface area contributed by atoms with Gasteiger partial charge in [0.1, 0.15) is 11.5 Å². The molecule has 1 unspecified atom stereocenters. The van der Waals surface area contributed by atoms with Crippen LogP contribution in [0.5, 0.6) is 11.5 Å². The standard InChI is InChI=1S/C17H24N4O3/c1-13(19-7-9-21-8-6-18-12-21)10-17(22)20-15-5-4-14(23-2)11-16(15)24-3/h4-6,8,11-13,19H,7,9-10H2,1-3H3,(H,20,22). The van der Waals surface area contributed by atoms with E-state index in [1.54, 1.807) is 44.9 Å². The third kappa shape index (κ3) is 5.27. The number of benzene rings is 1. The highest BCUT2D eigenvalue weighted by atomic mass is 16.5. The molecule has 7 heteroatoms. The molecule has 1 amide bonds. The van der Waals surface area contributed by atoms with Gasteiger partial charge in [-0.15, -0.1) is 0 Å². The van der Waals surface area contributed by atoms with Gasteiger partial charge in [0.15, 0.2) is 0 Å². The van der Waals surface area contributed by atoms with E-state index in [1.165, 1.54) is 0 Å². The number of carbonyl (C=O) groups excluding carboxylic acids is 1.